The van der Waals surface area contributed by atoms with Crippen LogP contribution in [-0.4, -0.2) is 43.7 Å². The molecule has 0 spiro atoms. The number of hydrogen-bond acceptors (Lipinski definition) is 3. The summed E-state index contributed by atoms with van der Waals surface area (Å²) in [6, 6.07) is 0. The van der Waals surface area contributed by atoms with Gasteiger partial charge < -0.3 is 9.64 Å². The summed E-state index contributed by atoms with van der Waals surface area (Å²) in [6.07, 6.45) is 4.82. The number of likely N-dealkylation sites (tertiary alicyclic amines) is 1. The molecule has 1 heterocycles. The van der Waals surface area contributed by atoms with Gasteiger partial charge in [-0.05, 0) is 19.3 Å². The van der Waals surface area contributed by atoms with E-state index in [1.165, 1.54) is 0 Å². The van der Waals surface area contributed by atoms with Gasteiger partial charge in [-0.15, -0.1) is 0 Å². The van der Waals surface area contributed by atoms with E-state index in [-0.39, 0.29) is 0 Å². The highest BCUT2D eigenvalue weighted by Gasteiger charge is 2.21. The molecule has 0 aromatic heterocycles. The first kappa shape index (κ1) is 13.3. The summed E-state index contributed by atoms with van der Waals surface area (Å²) in [4.78, 5) is 6.65. The predicted octanol–water partition coefficient (Wildman–Crippen LogP) is 0.717. The Kier molecular flexibility index (Phi) is 6.18. The number of hydrazine groups is 1. The van der Waals surface area contributed by atoms with Crippen LogP contribution in [-0.2, 0) is 4.74 Å². The lowest BCUT2D eigenvalue weighted by Gasteiger charge is -2.33. The number of aliphatic imine (C=N–C) groups is 1. The second-order valence-electron chi connectivity index (χ2n) is 4.15. The zero-order valence-electron chi connectivity index (χ0n) is 10.4. The summed E-state index contributed by atoms with van der Waals surface area (Å²) < 4.78 is 5.38. The van der Waals surface area contributed by atoms with Crippen molar-refractivity contribution in [2.75, 3.05) is 26.7 Å². The first-order chi connectivity index (χ1) is 7.81. The van der Waals surface area contributed by atoms with Gasteiger partial charge in [0.2, 0.25) is 5.96 Å². The van der Waals surface area contributed by atoms with Crippen molar-refractivity contribution >= 4 is 5.96 Å². The van der Waals surface area contributed by atoms with E-state index in [1.807, 2.05) is 0 Å². The average Bonchev–Trinajstić information content (AvgIpc) is 2.35. The van der Waals surface area contributed by atoms with Crippen LogP contribution in [0.5, 0.6) is 0 Å². The number of guanidine groups is 1. The minimum atomic E-state index is 0.304. The van der Waals surface area contributed by atoms with E-state index in [4.69, 9.17) is 10.6 Å². The standard InChI is InChI=1S/C11H24N4O/c1-3-4-7-13-11(14-12)15-8-5-6-10(9-15)16-2/h10H,3-9,12H2,1-2H3,(H,13,14). The lowest BCUT2D eigenvalue weighted by Crippen LogP contribution is -2.50. The zero-order chi connectivity index (χ0) is 11.8. The molecule has 0 radical (unpaired) electrons. The minimum Gasteiger partial charge on any atom is -0.380 e. The Morgan fingerprint density at radius 3 is 3.06 bits per heavy atom. The Labute approximate surface area is 98.0 Å². The van der Waals surface area contributed by atoms with Gasteiger partial charge in [0.25, 0.3) is 0 Å². The lowest BCUT2D eigenvalue weighted by atomic mass is 10.1. The first-order valence-corrected chi connectivity index (χ1v) is 6.10. The number of nitrogens with zero attached hydrogens (tertiary/aromatic N) is 2. The van der Waals surface area contributed by atoms with Crippen LogP contribution in [0.4, 0.5) is 0 Å². The van der Waals surface area contributed by atoms with Crippen LogP contribution in [0.25, 0.3) is 0 Å². The molecule has 0 bridgehead atoms. The third kappa shape index (κ3) is 3.98. The van der Waals surface area contributed by atoms with Crippen LogP contribution in [0.15, 0.2) is 4.99 Å². The van der Waals surface area contributed by atoms with Crippen LogP contribution in [0.3, 0.4) is 0 Å². The van der Waals surface area contributed by atoms with Gasteiger partial charge in [-0.3, -0.25) is 10.4 Å². The van der Waals surface area contributed by atoms with Gasteiger partial charge in [-0.2, -0.15) is 0 Å². The Hall–Kier alpha value is -0.810. The highest BCUT2D eigenvalue weighted by molar-refractivity contribution is 5.79. The van der Waals surface area contributed by atoms with Crippen LogP contribution in [0.1, 0.15) is 32.6 Å². The fourth-order valence-electron chi connectivity index (χ4n) is 1.90. The quantitative estimate of drug-likeness (QED) is 0.245. The Balaban J connectivity index is 2.47. The molecule has 1 saturated heterocycles. The monoisotopic (exact) mass is 228 g/mol. The van der Waals surface area contributed by atoms with E-state index in [2.05, 4.69) is 22.2 Å². The highest BCUT2D eigenvalue weighted by atomic mass is 16.5. The summed E-state index contributed by atoms with van der Waals surface area (Å²) in [6.45, 7) is 4.89. The van der Waals surface area contributed by atoms with Crippen molar-refractivity contribution < 1.29 is 4.74 Å². The molecular weight excluding hydrogens is 204 g/mol. The molecule has 1 aliphatic rings. The molecule has 3 N–H and O–H groups in total. The van der Waals surface area contributed by atoms with E-state index in [9.17, 15) is 0 Å². The van der Waals surface area contributed by atoms with Crippen molar-refractivity contribution in [3.05, 3.63) is 0 Å². The molecule has 1 fully saturated rings. The molecule has 0 amide bonds. The van der Waals surface area contributed by atoms with E-state index in [0.717, 1.165) is 51.3 Å². The predicted molar refractivity (Wildman–Crippen MR) is 66.1 cm³/mol. The van der Waals surface area contributed by atoms with Crippen LogP contribution >= 0.6 is 0 Å². The number of nitrogens with two attached hydrogens (primary N) is 1. The molecule has 1 unspecified atom stereocenters. The molecule has 0 aromatic rings. The van der Waals surface area contributed by atoms with Gasteiger partial charge in [-0.1, -0.05) is 13.3 Å². The van der Waals surface area contributed by atoms with Crippen molar-refractivity contribution in [2.45, 2.75) is 38.7 Å². The Morgan fingerprint density at radius 2 is 2.44 bits per heavy atom. The highest BCUT2D eigenvalue weighted by Crippen LogP contribution is 2.12. The number of rotatable bonds is 4. The fourth-order valence-corrected chi connectivity index (χ4v) is 1.90. The molecule has 1 aliphatic heterocycles. The molecule has 1 rings (SSSR count). The number of methoxy groups -OCH3 is 1. The first-order valence-electron chi connectivity index (χ1n) is 6.10. The summed E-state index contributed by atoms with van der Waals surface area (Å²) in [5, 5.41) is 0. The molecule has 0 saturated carbocycles. The van der Waals surface area contributed by atoms with Gasteiger partial charge >= 0.3 is 0 Å². The third-order valence-electron chi connectivity index (χ3n) is 2.91. The van der Waals surface area contributed by atoms with E-state index < -0.39 is 0 Å². The van der Waals surface area contributed by atoms with E-state index in [1.54, 1.807) is 7.11 Å². The molecule has 16 heavy (non-hydrogen) atoms. The Bertz CT molecular complexity index is 220. The molecule has 5 heteroatoms. The molecule has 94 valence electrons. The second kappa shape index (κ2) is 7.46. The van der Waals surface area contributed by atoms with Crippen molar-refractivity contribution in [3.63, 3.8) is 0 Å². The molecule has 0 aromatic carbocycles. The van der Waals surface area contributed by atoms with Gasteiger partial charge in [0.1, 0.15) is 0 Å². The maximum atomic E-state index is 5.51. The summed E-state index contributed by atoms with van der Waals surface area (Å²) in [5.74, 6) is 6.31. The van der Waals surface area contributed by atoms with Gasteiger partial charge in [0.15, 0.2) is 0 Å². The van der Waals surface area contributed by atoms with E-state index >= 15 is 0 Å². The fraction of sp³-hybridized carbons (Fsp3) is 0.909. The topological polar surface area (TPSA) is 62.9 Å². The smallest absolute Gasteiger partial charge is 0.208 e. The van der Waals surface area contributed by atoms with Crippen LogP contribution < -0.4 is 11.3 Å². The molecule has 0 aliphatic carbocycles. The second-order valence-corrected chi connectivity index (χ2v) is 4.15. The molecule has 1 atom stereocenters. The maximum absolute atomic E-state index is 5.51. The number of ether oxygens (including phenoxy) is 1. The van der Waals surface area contributed by atoms with Gasteiger partial charge in [0, 0.05) is 26.7 Å². The third-order valence-corrected chi connectivity index (χ3v) is 2.91. The SMILES string of the molecule is CCCCN=C(NN)N1CCCC(OC)C1. The zero-order valence-corrected chi connectivity index (χ0v) is 10.4. The maximum Gasteiger partial charge on any atom is 0.208 e. The average molecular weight is 228 g/mol. The molecular formula is C11H24N4O. The number of unbranched alkanes of at least 4 members (excludes halogenated alkanes) is 1. The van der Waals surface area contributed by atoms with Crippen LogP contribution in [0, 0.1) is 0 Å². The van der Waals surface area contributed by atoms with Crippen molar-refractivity contribution in [1.29, 1.82) is 0 Å². The van der Waals surface area contributed by atoms with Crippen LogP contribution in [0.2, 0.25) is 0 Å². The van der Waals surface area contributed by atoms with Crippen molar-refractivity contribution in [2.24, 2.45) is 10.8 Å². The number of piperidine rings is 1. The molecule has 5 nitrogen and oxygen atoms in total. The lowest BCUT2D eigenvalue weighted by molar-refractivity contribution is 0.0525. The Morgan fingerprint density at radius 1 is 1.62 bits per heavy atom. The van der Waals surface area contributed by atoms with Crippen molar-refractivity contribution in [1.82, 2.24) is 10.3 Å². The summed E-state index contributed by atoms with van der Waals surface area (Å²) in [5.41, 5.74) is 2.70. The summed E-state index contributed by atoms with van der Waals surface area (Å²) in [7, 11) is 1.76. The van der Waals surface area contributed by atoms with Gasteiger partial charge in [-0.25, -0.2) is 5.84 Å². The normalized spacial score (nSPS) is 22.3. The summed E-state index contributed by atoms with van der Waals surface area (Å²) >= 11 is 0. The van der Waals surface area contributed by atoms with Gasteiger partial charge in [0.05, 0.1) is 6.10 Å². The van der Waals surface area contributed by atoms with Crippen molar-refractivity contribution in [3.8, 4) is 0 Å². The number of nitrogens with one attached hydrogen (secondary N) is 1. The number of hydrogen-bond donors (Lipinski definition) is 2. The minimum absolute atomic E-state index is 0.304. The van der Waals surface area contributed by atoms with E-state index in [0.29, 0.717) is 6.10 Å². The largest absolute Gasteiger partial charge is 0.380 e.